The summed E-state index contributed by atoms with van der Waals surface area (Å²) in [5.74, 6) is -1.25. The van der Waals surface area contributed by atoms with E-state index in [1.807, 2.05) is 0 Å². The molecule has 2 aromatic rings. The van der Waals surface area contributed by atoms with Gasteiger partial charge in [-0.3, -0.25) is 4.79 Å². The maximum absolute atomic E-state index is 13.6. The molecular formula is C15H15FN2O4S2. The van der Waals surface area contributed by atoms with Crippen molar-refractivity contribution in [2.24, 2.45) is 0 Å². The third-order valence-electron chi connectivity index (χ3n) is 3.50. The van der Waals surface area contributed by atoms with Gasteiger partial charge in [-0.2, -0.15) is 4.31 Å². The van der Waals surface area contributed by atoms with Crippen LogP contribution in [0.5, 0.6) is 0 Å². The standard InChI is InChI=1S/C15H15FN2O4S2/c16-12-4-2-1-3-11(12)15(19)17-13-5-6-14(23-13)24(20,21)18-7-9-22-10-8-18/h1-6H,7-10H2,(H,17,19). The molecule has 1 fully saturated rings. The van der Waals surface area contributed by atoms with E-state index in [1.165, 1.54) is 34.6 Å². The first-order valence-corrected chi connectivity index (χ1v) is 9.48. The van der Waals surface area contributed by atoms with E-state index in [1.54, 1.807) is 6.07 Å². The molecule has 9 heteroatoms. The molecule has 1 aromatic heterocycles. The zero-order valence-corrected chi connectivity index (χ0v) is 14.2. The SMILES string of the molecule is O=C(Nc1ccc(S(=O)(=O)N2CCOCC2)s1)c1ccccc1F. The van der Waals surface area contributed by atoms with Crippen molar-refractivity contribution in [2.45, 2.75) is 4.21 Å². The summed E-state index contributed by atoms with van der Waals surface area (Å²) in [6.45, 7) is 1.33. The summed E-state index contributed by atoms with van der Waals surface area (Å²) < 4.78 is 45.3. The van der Waals surface area contributed by atoms with Crippen LogP contribution in [-0.2, 0) is 14.8 Å². The molecule has 0 bridgehead atoms. The van der Waals surface area contributed by atoms with E-state index in [-0.39, 0.29) is 9.77 Å². The summed E-state index contributed by atoms with van der Waals surface area (Å²) in [6.07, 6.45) is 0. The lowest BCUT2D eigenvalue weighted by Crippen LogP contribution is -2.40. The molecule has 1 aliphatic heterocycles. The second-order valence-electron chi connectivity index (χ2n) is 5.07. The Hall–Kier alpha value is -1.81. The number of rotatable bonds is 4. The predicted molar refractivity (Wildman–Crippen MR) is 88.3 cm³/mol. The Balaban J connectivity index is 1.76. The van der Waals surface area contributed by atoms with Crippen molar-refractivity contribution in [3.63, 3.8) is 0 Å². The van der Waals surface area contributed by atoms with Crippen molar-refractivity contribution in [3.05, 3.63) is 47.8 Å². The van der Waals surface area contributed by atoms with E-state index in [9.17, 15) is 17.6 Å². The second-order valence-corrected chi connectivity index (χ2v) is 8.32. The van der Waals surface area contributed by atoms with Crippen molar-refractivity contribution in [3.8, 4) is 0 Å². The molecule has 24 heavy (non-hydrogen) atoms. The van der Waals surface area contributed by atoms with E-state index in [0.717, 1.165) is 11.3 Å². The van der Waals surface area contributed by atoms with Crippen LogP contribution >= 0.6 is 11.3 Å². The monoisotopic (exact) mass is 370 g/mol. The number of hydrogen-bond donors (Lipinski definition) is 1. The van der Waals surface area contributed by atoms with E-state index >= 15 is 0 Å². The number of nitrogens with one attached hydrogen (secondary N) is 1. The Morgan fingerprint density at radius 1 is 1.17 bits per heavy atom. The van der Waals surface area contributed by atoms with Gasteiger partial charge in [0, 0.05) is 13.1 Å². The van der Waals surface area contributed by atoms with Crippen LogP contribution in [0.1, 0.15) is 10.4 Å². The Labute approximate surface area is 142 Å². The van der Waals surface area contributed by atoms with Crippen molar-refractivity contribution in [1.82, 2.24) is 4.31 Å². The Morgan fingerprint density at radius 2 is 1.88 bits per heavy atom. The number of hydrogen-bond acceptors (Lipinski definition) is 5. The molecule has 1 saturated heterocycles. The van der Waals surface area contributed by atoms with E-state index < -0.39 is 21.7 Å². The molecule has 1 aromatic carbocycles. The molecule has 1 amide bonds. The highest BCUT2D eigenvalue weighted by molar-refractivity contribution is 7.91. The number of carbonyl (C=O) groups excluding carboxylic acids is 1. The number of nitrogens with zero attached hydrogens (tertiary/aromatic N) is 1. The van der Waals surface area contributed by atoms with E-state index in [2.05, 4.69) is 5.32 Å². The molecule has 3 rings (SSSR count). The molecule has 2 heterocycles. The van der Waals surface area contributed by atoms with Crippen LogP contribution in [0, 0.1) is 5.82 Å². The number of benzene rings is 1. The van der Waals surface area contributed by atoms with Crippen LogP contribution in [0.25, 0.3) is 0 Å². The molecule has 0 unspecified atom stereocenters. The largest absolute Gasteiger partial charge is 0.379 e. The van der Waals surface area contributed by atoms with Crippen molar-refractivity contribution in [2.75, 3.05) is 31.6 Å². The smallest absolute Gasteiger partial charge is 0.259 e. The average molecular weight is 370 g/mol. The third kappa shape index (κ3) is 3.48. The fourth-order valence-corrected chi connectivity index (χ4v) is 5.03. The first-order chi connectivity index (χ1) is 11.5. The molecule has 0 saturated carbocycles. The average Bonchev–Trinajstić information content (AvgIpc) is 3.05. The fraction of sp³-hybridized carbons (Fsp3) is 0.267. The van der Waals surface area contributed by atoms with Crippen molar-refractivity contribution in [1.29, 1.82) is 0 Å². The molecule has 0 radical (unpaired) electrons. The van der Waals surface area contributed by atoms with Gasteiger partial charge in [0.05, 0.1) is 23.8 Å². The lowest BCUT2D eigenvalue weighted by Gasteiger charge is -2.25. The van der Waals surface area contributed by atoms with Crippen LogP contribution < -0.4 is 5.32 Å². The number of anilines is 1. The van der Waals surface area contributed by atoms with Crippen LogP contribution in [0.2, 0.25) is 0 Å². The van der Waals surface area contributed by atoms with Crippen LogP contribution in [0.4, 0.5) is 9.39 Å². The van der Waals surface area contributed by atoms with Gasteiger partial charge in [0.25, 0.3) is 15.9 Å². The third-order valence-corrected chi connectivity index (χ3v) is 6.87. The van der Waals surface area contributed by atoms with Crippen LogP contribution in [-0.4, -0.2) is 44.9 Å². The molecule has 1 aliphatic rings. The first-order valence-electron chi connectivity index (χ1n) is 7.22. The lowest BCUT2D eigenvalue weighted by molar-refractivity contribution is 0.0731. The van der Waals surface area contributed by atoms with Crippen LogP contribution in [0.3, 0.4) is 0 Å². The van der Waals surface area contributed by atoms with E-state index in [0.29, 0.717) is 31.3 Å². The van der Waals surface area contributed by atoms with Gasteiger partial charge in [-0.25, -0.2) is 12.8 Å². The highest BCUT2D eigenvalue weighted by atomic mass is 32.2. The highest BCUT2D eigenvalue weighted by Gasteiger charge is 2.28. The summed E-state index contributed by atoms with van der Waals surface area (Å²) in [5, 5.41) is 2.87. The summed E-state index contributed by atoms with van der Waals surface area (Å²) in [6, 6.07) is 8.54. The quantitative estimate of drug-likeness (QED) is 0.895. The summed E-state index contributed by atoms with van der Waals surface area (Å²) in [7, 11) is -3.60. The zero-order valence-electron chi connectivity index (χ0n) is 12.6. The summed E-state index contributed by atoms with van der Waals surface area (Å²) in [4.78, 5) is 12.1. The van der Waals surface area contributed by atoms with Crippen molar-refractivity contribution < 1.29 is 22.3 Å². The maximum Gasteiger partial charge on any atom is 0.259 e. The number of sulfonamides is 1. The van der Waals surface area contributed by atoms with Gasteiger partial charge < -0.3 is 10.1 Å². The topological polar surface area (TPSA) is 75.7 Å². The van der Waals surface area contributed by atoms with Crippen LogP contribution in [0.15, 0.2) is 40.6 Å². The minimum atomic E-state index is -3.60. The highest BCUT2D eigenvalue weighted by Crippen LogP contribution is 2.29. The number of halogens is 1. The number of carbonyl (C=O) groups is 1. The normalized spacial score (nSPS) is 16.0. The van der Waals surface area contributed by atoms with Gasteiger partial charge in [-0.1, -0.05) is 12.1 Å². The first kappa shape index (κ1) is 17.0. The molecule has 0 spiro atoms. The maximum atomic E-state index is 13.6. The number of morpholine rings is 1. The second kappa shape index (κ2) is 6.98. The van der Waals surface area contributed by atoms with Gasteiger partial charge in [0.1, 0.15) is 10.0 Å². The van der Waals surface area contributed by atoms with Gasteiger partial charge >= 0.3 is 0 Å². The van der Waals surface area contributed by atoms with Gasteiger partial charge in [-0.05, 0) is 24.3 Å². The number of ether oxygens (including phenoxy) is 1. The Bertz CT molecular complexity index is 845. The molecule has 0 aliphatic carbocycles. The minimum Gasteiger partial charge on any atom is -0.379 e. The molecule has 1 N–H and O–H groups in total. The summed E-state index contributed by atoms with van der Waals surface area (Å²) >= 11 is 0.937. The fourth-order valence-electron chi connectivity index (χ4n) is 2.26. The summed E-state index contributed by atoms with van der Waals surface area (Å²) in [5.41, 5.74) is -0.0940. The molecule has 128 valence electrons. The number of thiophene rings is 1. The number of amides is 1. The van der Waals surface area contributed by atoms with E-state index in [4.69, 9.17) is 4.74 Å². The Kier molecular flexibility index (Phi) is 4.95. The van der Waals surface area contributed by atoms with Gasteiger partial charge in [-0.15, -0.1) is 11.3 Å². The minimum absolute atomic E-state index is 0.0940. The molecule has 6 nitrogen and oxygen atoms in total. The van der Waals surface area contributed by atoms with Crippen molar-refractivity contribution >= 4 is 32.3 Å². The zero-order chi connectivity index (χ0) is 17.2. The molecular weight excluding hydrogens is 355 g/mol. The van der Waals surface area contributed by atoms with Gasteiger partial charge in [0.15, 0.2) is 0 Å². The Morgan fingerprint density at radius 3 is 2.58 bits per heavy atom. The lowest BCUT2D eigenvalue weighted by atomic mass is 10.2. The van der Waals surface area contributed by atoms with Gasteiger partial charge in [0.2, 0.25) is 0 Å². The predicted octanol–water partition coefficient (Wildman–Crippen LogP) is 2.16. The molecule has 0 atom stereocenters.